The van der Waals surface area contributed by atoms with E-state index in [1.165, 1.54) is 6.92 Å². The second-order valence-corrected chi connectivity index (χ2v) is 7.59. The SMILES string of the molecule is CC(NC(=O)C(N)CCC(N)=O)C(=O)NC(CC(=O)O)C(=O)NC(Cc1ccccc1)C(=O)O. The summed E-state index contributed by atoms with van der Waals surface area (Å²) in [6, 6.07) is 3.15. The van der Waals surface area contributed by atoms with Gasteiger partial charge in [0.05, 0.1) is 12.5 Å². The van der Waals surface area contributed by atoms with E-state index in [1.54, 1.807) is 30.3 Å². The fraction of sp³-hybridized carbons (Fsp3) is 0.429. The monoisotopic (exact) mass is 479 g/mol. The number of carbonyl (C=O) groups excluding carboxylic acids is 4. The summed E-state index contributed by atoms with van der Waals surface area (Å²) in [5, 5.41) is 25.3. The minimum absolute atomic E-state index is 0.0441. The summed E-state index contributed by atoms with van der Waals surface area (Å²) in [5.74, 6) is -6.08. The first kappa shape index (κ1) is 28.0. The predicted molar refractivity (Wildman–Crippen MR) is 118 cm³/mol. The summed E-state index contributed by atoms with van der Waals surface area (Å²) >= 11 is 0. The molecule has 0 saturated carbocycles. The van der Waals surface area contributed by atoms with Crippen LogP contribution in [-0.4, -0.2) is 69.9 Å². The molecule has 0 heterocycles. The van der Waals surface area contributed by atoms with Crippen molar-refractivity contribution >= 4 is 35.6 Å². The molecule has 0 saturated heterocycles. The Balaban J connectivity index is 2.80. The van der Waals surface area contributed by atoms with E-state index >= 15 is 0 Å². The van der Waals surface area contributed by atoms with Crippen molar-refractivity contribution < 1.29 is 39.0 Å². The molecule has 4 atom stereocenters. The zero-order chi connectivity index (χ0) is 25.8. The molecule has 0 aliphatic rings. The maximum Gasteiger partial charge on any atom is 0.326 e. The zero-order valence-electron chi connectivity index (χ0n) is 18.5. The van der Waals surface area contributed by atoms with E-state index in [1.807, 2.05) is 0 Å². The molecule has 0 aliphatic heterocycles. The molecular formula is C21H29N5O8. The molecule has 0 aromatic heterocycles. The molecule has 0 bridgehead atoms. The number of rotatable bonds is 14. The van der Waals surface area contributed by atoms with E-state index in [0.717, 1.165) is 0 Å². The quantitative estimate of drug-likeness (QED) is 0.154. The molecule has 0 spiro atoms. The number of nitrogens with one attached hydrogen (secondary N) is 3. The van der Waals surface area contributed by atoms with Gasteiger partial charge in [-0.2, -0.15) is 0 Å². The third-order valence-corrected chi connectivity index (χ3v) is 4.70. The van der Waals surface area contributed by atoms with Crippen molar-refractivity contribution in [3.05, 3.63) is 35.9 Å². The van der Waals surface area contributed by atoms with E-state index in [9.17, 15) is 33.9 Å². The largest absolute Gasteiger partial charge is 0.481 e. The van der Waals surface area contributed by atoms with Gasteiger partial charge in [0.1, 0.15) is 18.1 Å². The molecule has 4 amide bonds. The van der Waals surface area contributed by atoms with Gasteiger partial charge >= 0.3 is 11.9 Å². The van der Waals surface area contributed by atoms with Crippen molar-refractivity contribution in [1.82, 2.24) is 16.0 Å². The van der Waals surface area contributed by atoms with Gasteiger partial charge in [-0.3, -0.25) is 24.0 Å². The van der Waals surface area contributed by atoms with E-state index < -0.39 is 66.2 Å². The zero-order valence-corrected chi connectivity index (χ0v) is 18.5. The summed E-state index contributed by atoms with van der Waals surface area (Å²) in [4.78, 5) is 70.7. The first-order valence-corrected chi connectivity index (χ1v) is 10.3. The van der Waals surface area contributed by atoms with Crippen molar-refractivity contribution in [2.45, 2.75) is 56.8 Å². The van der Waals surface area contributed by atoms with E-state index in [0.29, 0.717) is 5.56 Å². The molecule has 4 unspecified atom stereocenters. The average molecular weight is 479 g/mol. The van der Waals surface area contributed by atoms with E-state index in [-0.39, 0.29) is 19.3 Å². The fourth-order valence-electron chi connectivity index (χ4n) is 2.82. The number of hydrogen-bond acceptors (Lipinski definition) is 7. The Hall–Kier alpha value is -4.00. The number of carboxylic acid groups (broad SMARTS) is 2. The van der Waals surface area contributed by atoms with E-state index in [2.05, 4.69) is 16.0 Å². The number of primary amides is 1. The van der Waals surface area contributed by atoms with Crippen LogP contribution in [0, 0.1) is 0 Å². The van der Waals surface area contributed by atoms with Crippen LogP contribution in [0.25, 0.3) is 0 Å². The highest BCUT2D eigenvalue weighted by atomic mass is 16.4. The molecule has 1 aromatic rings. The lowest BCUT2D eigenvalue weighted by molar-refractivity contribution is -0.143. The van der Waals surface area contributed by atoms with Crippen molar-refractivity contribution in [3.8, 4) is 0 Å². The first-order valence-electron chi connectivity index (χ1n) is 10.3. The molecular weight excluding hydrogens is 450 g/mol. The molecule has 1 aromatic carbocycles. The predicted octanol–water partition coefficient (Wildman–Crippen LogP) is -2.14. The van der Waals surface area contributed by atoms with Gasteiger partial charge in [-0.15, -0.1) is 0 Å². The molecule has 0 radical (unpaired) electrons. The molecule has 9 N–H and O–H groups in total. The second kappa shape index (κ2) is 13.5. The van der Waals surface area contributed by atoms with Crippen molar-refractivity contribution in [3.63, 3.8) is 0 Å². The standard InChI is InChI=1S/C21H29N5O8/c1-11(24-19(31)13(22)7-8-16(23)27)18(30)25-14(10-17(28)29)20(32)26-15(21(33)34)9-12-5-3-2-4-6-12/h2-6,11,13-15H,7-10,22H2,1H3,(H2,23,27)(H,24,31)(H,25,30)(H,26,32)(H,28,29)(H,33,34). The minimum atomic E-state index is -1.61. The highest BCUT2D eigenvalue weighted by Crippen LogP contribution is 2.05. The van der Waals surface area contributed by atoms with Crippen LogP contribution in [0.1, 0.15) is 31.7 Å². The lowest BCUT2D eigenvalue weighted by Crippen LogP contribution is -2.57. The van der Waals surface area contributed by atoms with Crippen LogP contribution in [0.15, 0.2) is 30.3 Å². The number of aliphatic carboxylic acids is 2. The number of carboxylic acids is 2. The van der Waals surface area contributed by atoms with Crippen LogP contribution in [0.3, 0.4) is 0 Å². The average Bonchev–Trinajstić information content (AvgIpc) is 2.76. The number of carbonyl (C=O) groups is 6. The lowest BCUT2D eigenvalue weighted by Gasteiger charge is -2.23. The van der Waals surface area contributed by atoms with Crippen LogP contribution in [0.5, 0.6) is 0 Å². The Kier molecular flexibility index (Phi) is 11.2. The number of nitrogens with two attached hydrogens (primary N) is 2. The van der Waals surface area contributed by atoms with Gasteiger partial charge in [-0.05, 0) is 18.9 Å². The highest BCUT2D eigenvalue weighted by Gasteiger charge is 2.30. The molecule has 13 heteroatoms. The molecule has 1 rings (SSSR count). The molecule has 13 nitrogen and oxygen atoms in total. The minimum Gasteiger partial charge on any atom is -0.481 e. The molecule has 186 valence electrons. The highest BCUT2D eigenvalue weighted by molar-refractivity contribution is 5.95. The van der Waals surface area contributed by atoms with Gasteiger partial charge in [0.25, 0.3) is 0 Å². The van der Waals surface area contributed by atoms with E-state index in [4.69, 9.17) is 16.6 Å². The third-order valence-electron chi connectivity index (χ3n) is 4.70. The van der Waals surface area contributed by atoms with Crippen LogP contribution < -0.4 is 27.4 Å². The maximum atomic E-state index is 12.6. The normalized spacial score (nSPS) is 14.1. The third kappa shape index (κ3) is 10.1. The second-order valence-electron chi connectivity index (χ2n) is 7.59. The van der Waals surface area contributed by atoms with Gasteiger partial charge in [0.15, 0.2) is 0 Å². The van der Waals surface area contributed by atoms with Crippen LogP contribution in [0.2, 0.25) is 0 Å². The summed E-state index contributed by atoms with van der Waals surface area (Å²) in [5.41, 5.74) is 11.2. The van der Waals surface area contributed by atoms with Gasteiger partial charge in [-0.25, -0.2) is 4.79 Å². The van der Waals surface area contributed by atoms with Crippen molar-refractivity contribution in [2.75, 3.05) is 0 Å². The Bertz CT molecular complexity index is 908. The summed E-state index contributed by atoms with van der Waals surface area (Å²) < 4.78 is 0. The van der Waals surface area contributed by atoms with Crippen LogP contribution >= 0.6 is 0 Å². The Morgan fingerprint density at radius 1 is 0.882 bits per heavy atom. The lowest BCUT2D eigenvalue weighted by atomic mass is 10.0. The Morgan fingerprint density at radius 3 is 2.00 bits per heavy atom. The van der Waals surface area contributed by atoms with Gasteiger partial charge < -0.3 is 37.6 Å². The summed E-state index contributed by atoms with van der Waals surface area (Å²) in [6.07, 6.45) is -1.07. The van der Waals surface area contributed by atoms with Crippen LogP contribution in [0.4, 0.5) is 0 Å². The first-order chi connectivity index (χ1) is 15.9. The van der Waals surface area contributed by atoms with Crippen molar-refractivity contribution in [2.24, 2.45) is 11.5 Å². The van der Waals surface area contributed by atoms with Gasteiger partial charge in [0, 0.05) is 12.8 Å². The molecule has 0 aliphatic carbocycles. The van der Waals surface area contributed by atoms with Crippen LogP contribution in [-0.2, 0) is 35.2 Å². The fourth-order valence-corrected chi connectivity index (χ4v) is 2.82. The smallest absolute Gasteiger partial charge is 0.326 e. The van der Waals surface area contributed by atoms with Crippen molar-refractivity contribution in [1.29, 1.82) is 0 Å². The Morgan fingerprint density at radius 2 is 1.47 bits per heavy atom. The van der Waals surface area contributed by atoms with Gasteiger partial charge in [0.2, 0.25) is 23.6 Å². The Labute approximate surface area is 195 Å². The summed E-state index contributed by atoms with van der Waals surface area (Å²) in [6.45, 7) is 1.28. The maximum absolute atomic E-state index is 12.6. The number of hydrogen-bond donors (Lipinski definition) is 7. The number of amides is 4. The summed E-state index contributed by atoms with van der Waals surface area (Å²) in [7, 11) is 0. The number of benzene rings is 1. The molecule has 34 heavy (non-hydrogen) atoms. The van der Waals surface area contributed by atoms with Gasteiger partial charge in [-0.1, -0.05) is 30.3 Å². The molecule has 0 fully saturated rings. The topological polar surface area (TPSA) is 231 Å².